The number of carbonyl (C=O) groups is 2. The molecule has 1 heterocycles. The van der Waals surface area contributed by atoms with Gasteiger partial charge in [0.05, 0.1) is 17.7 Å². The number of anilines is 1. The summed E-state index contributed by atoms with van der Waals surface area (Å²) in [7, 11) is 0. The summed E-state index contributed by atoms with van der Waals surface area (Å²) in [5.74, 6) is -1.55. The molecule has 35 heavy (non-hydrogen) atoms. The fourth-order valence-corrected chi connectivity index (χ4v) is 3.52. The minimum absolute atomic E-state index is 0.00940. The summed E-state index contributed by atoms with van der Waals surface area (Å²) in [5, 5.41) is 30.6. The zero-order valence-electron chi connectivity index (χ0n) is 19.4. The van der Waals surface area contributed by atoms with Gasteiger partial charge in [0.25, 0.3) is 0 Å². The Morgan fingerprint density at radius 2 is 1.77 bits per heavy atom. The van der Waals surface area contributed by atoms with E-state index in [4.69, 9.17) is 16.9 Å². The first kappa shape index (κ1) is 25.0. The summed E-state index contributed by atoms with van der Waals surface area (Å²) in [6.07, 6.45) is -0.198. The Bertz CT molecular complexity index is 1340. The SMILES string of the molecule is CC(C)N=c1ccc(-c2cc(N)cc(C(=O)O)c2)c(CC(=O)NCc2ccc(C(=N)N)cc2)n1O. The molecule has 8 N–H and O–H groups in total. The minimum Gasteiger partial charge on any atom is -0.478 e. The van der Waals surface area contributed by atoms with Gasteiger partial charge in [-0.15, -0.1) is 0 Å². The van der Waals surface area contributed by atoms with E-state index in [1.165, 1.54) is 12.1 Å². The number of hydrogen-bond donors (Lipinski definition) is 6. The third-order valence-electron chi connectivity index (χ3n) is 5.17. The lowest BCUT2D eigenvalue weighted by atomic mass is 9.99. The molecular formula is C25H28N6O4. The lowest BCUT2D eigenvalue weighted by Crippen LogP contribution is -2.30. The van der Waals surface area contributed by atoms with Crippen LogP contribution in [-0.4, -0.2) is 38.8 Å². The molecule has 1 aromatic heterocycles. The summed E-state index contributed by atoms with van der Waals surface area (Å²) in [6.45, 7) is 3.94. The summed E-state index contributed by atoms with van der Waals surface area (Å²) < 4.78 is 0.847. The smallest absolute Gasteiger partial charge is 0.335 e. The van der Waals surface area contributed by atoms with Gasteiger partial charge in [-0.25, -0.2) is 4.79 Å². The van der Waals surface area contributed by atoms with Gasteiger partial charge in [-0.1, -0.05) is 24.3 Å². The van der Waals surface area contributed by atoms with E-state index >= 15 is 0 Å². The Morgan fingerprint density at radius 3 is 2.37 bits per heavy atom. The van der Waals surface area contributed by atoms with E-state index in [0.29, 0.717) is 16.7 Å². The van der Waals surface area contributed by atoms with E-state index < -0.39 is 5.97 Å². The number of carboxylic acid groups (broad SMARTS) is 1. The maximum Gasteiger partial charge on any atom is 0.335 e. The quantitative estimate of drug-likeness (QED) is 0.125. The number of hydrogen-bond acceptors (Lipinski definition) is 6. The number of carboxylic acids is 1. The number of amides is 1. The highest BCUT2D eigenvalue weighted by molar-refractivity contribution is 5.95. The van der Waals surface area contributed by atoms with Gasteiger partial charge in [0, 0.05) is 29.4 Å². The van der Waals surface area contributed by atoms with Crippen LogP contribution in [0.2, 0.25) is 0 Å². The first-order chi connectivity index (χ1) is 16.5. The van der Waals surface area contributed by atoms with Gasteiger partial charge in [-0.05, 0) is 55.3 Å². The fraction of sp³-hybridized carbons (Fsp3) is 0.200. The number of carbonyl (C=O) groups excluding carboxylic acids is 1. The number of pyridine rings is 1. The number of aromatic nitrogens is 1. The molecule has 10 heteroatoms. The summed E-state index contributed by atoms with van der Waals surface area (Å²) in [4.78, 5) is 28.7. The molecule has 0 bridgehead atoms. The van der Waals surface area contributed by atoms with E-state index in [1.807, 2.05) is 13.8 Å². The highest BCUT2D eigenvalue weighted by Gasteiger charge is 2.17. The van der Waals surface area contributed by atoms with Crippen LogP contribution in [0.1, 0.15) is 41.0 Å². The fourth-order valence-electron chi connectivity index (χ4n) is 3.52. The maximum atomic E-state index is 12.8. The lowest BCUT2D eigenvalue weighted by molar-refractivity contribution is -0.120. The van der Waals surface area contributed by atoms with Gasteiger partial charge in [0.15, 0.2) is 5.49 Å². The largest absolute Gasteiger partial charge is 0.478 e. The summed E-state index contributed by atoms with van der Waals surface area (Å²) in [6, 6.07) is 14.4. The predicted octanol–water partition coefficient (Wildman–Crippen LogP) is 2.12. The van der Waals surface area contributed by atoms with Crippen LogP contribution in [0.4, 0.5) is 5.69 Å². The number of rotatable bonds is 8. The van der Waals surface area contributed by atoms with Gasteiger partial charge in [-0.3, -0.25) is 15.2 Å². The van der Waals surface area contributed by atoms with E-state index in [1.54, 1.807) is 42.5 Å². The van der Waals surface area contributed by atoms with Gasteiger partial charge < -0.3 is 27.1 Å². The number of benzene rings is 2. The van der Waals surface area contributed by atoms with Crippen molar-refractivity contribution in [3.05, 3.63) is 82.5 Å². The topological polar surface area (TPSA) is 180 Å². The van der Waals surface area contributed by atoms with Gasteiger partial charge in [0.1, 0.15) is 5.84 Å². The van der Waals surface area contributed by atoms with Crippen molar-refractivity contribution in [3.8, 4) is 11.1 Å². The molecule has 0 atom stereocenters. The molecule has 0 spiro atoms. The van der Waals surface area contributed by atoms with Crippen molar-refractivity contribution in [2.45, 2.75) is 32.9 Å². The van der Waals surface area contributed by atoms with Crippen LogP contribution in [0.3, 0.4) is 0 Å². The average Bonchev–Trinajstić information content (AvgIpc) is 2.80. The third-order valence-corrected chi connectivity index (χ3v) is 5.17. The highest BCUT2D eigenvalue weighted by Crippen LogP contribution is 2.26. The van der Waals surface area contributed by atoms with Crippen LogP contribution in [0.15, 0.2) is 59.6 Å². The van der Waals surface area contributed by atoms with E-state index in [-0.39, 0.29) is 53.2 Å². The van der Waals surface area contributed by atoms with Gasteiger partial charge in [-0.2, -0.15) is 4.73 Å². The molecule has 10 nitrogen and oxygen atoms in total. The highest BCUT2D eigenvalue weighted by atomic mass is 16.5. The van der Waals surface area contributed by atoms with Crippen molar-refractivity contribution < 1.29 is 19.9 Å². The van der Waals surface area contributed by atoms with Crippen molar-refractivity contribution in [1.82, 2.24) is 10.0 Å². The lowest BCUT2D eigenvalue weighted by Gasteiger charge is -2.15. The first-order valence-electron chi connectivity index (χ1n) is 10.9. The Hall–Kier alpha value is -4.60. The normalized spacial score (nSPS) is 11.5. The minimum atomic E-state index is -1.14. The molecule has 0 radical (unpaired) electrons. The van der Waals surface area contributed by atoms with Crippen LogP contribution in [0.25, 0.3) is 11.1 Å². The second-order valence-corrected chi connectivity index (χ2v) is 8.30. The van der Waals surface area contributed by atoms with Crippen LogP contribution >= 0.6 is 0 Å². The second-order valence-electron chi connectivity index (χ2n) is 8.30. The number of aromatic carboxylic acids is 1. The number of nitrogens with zero attached hydrogens (tertiary/aromatic N) is 2. The van der Waals surface area contributed by atoms with Crippen molar-refractivity contribution in [2.75, 3.05) is 5.73 Å². The first-order valence-corrected chi connectivity index (χ1v) is 10.9. The molecule has 0 aliphatic carbocycles. The molecule has 0 saturated carbocycles. The number of nitrogen functional groups attached to an aromatic ring is 2. The molecular weight excluding hydrogens is 448 g/mol. The number of amidine groups is 1. The molecule has 182 valence electrons. The second kappa shape index (κ2) is 10.6. The van der Waals surface area contributed by atoms with Crippen LogP contribution in [-0.2, 0) is 17.8 Å². The molecule has 3 aromatic rings. The molecule has 0 unspecified atom stereocenters. The van der Waals surface area contributed by atoms with E-state index in [2.05, 4.69) is 10.3 Å². The van der Waals surface area contributed by atoms with Crippen molar-refractivity contribution in [3.63, 3.8) is 0 Å². The summed E-state index contributed by atoms with van der Waals surface area (Å²) in [5.41, 5.74) is 14.4. The predicted molar refractivity (Wildman–Crippen MR) is 132 cm³/mol. The monoisotopic (exact) mass is 476 g/mol. The van der Waals surface area contributed by atoms with Crippen molar-refractivity contribution in [1.29, 1.82) is 5.41 Å². The number of nitrogens with two attached hydrogens (primary N) is 2. The van der Waals surface area contributed by atoms with E-state index in [9.17, 15) is 19.9 Å². The van der Waals surface area contributed by atoms with Crippen LogP contribution < -0.4 is 22.3 Å². The molecule has 0 saturated heterocycles. The Kier molecular flexibility index (Phi) is 7.55. The third kappa shape index (κ3) is 6.26. The molecule has 0 aliphatic rings. The average molecular weight is 477 g/mol. The van der Waals surface area contributed by atoms with Crippen LogP contribution in [0, 0.1) is 5.41 Å². The van der Waals surface area contributed by atoms with Gasteiger partial charge >= 0.3 is 5.97 Å². The molecule has 2 aromatic carbocycles. The Balaban J connectivity index is 1.95. The molecule has 1 amide bonds. The number of nitrogens with one attached hydrogen (secondary N) is 2. The van der Waals surface area contributed by atoms with Crippen molar-refractivity contribution in [2.24, 2.45) is 10.7 Å². The van der Waals surface area contributed by atoms with E-state index in [0.717, 1.165) is 10.3 Å². The Morgan fingerprint density at radius 1 is 1.09 bits per heavy atom. The van der Waals surface area contributed by atoms with Crippen LogP contribution in [0.5, 0.6) is 0 Å². The molecule has 0 fully saturated rings. The zero-order valence-corrected chi connectivity index (χ0v) is 19.4. The molecule has 0 aliphatic heterocycles. The zero-order chi connectivity index (χ0) is 25.7. The standard InChI is InChI=1S/C25H28N6O4/c1-14(2)30-22-8-7-20(17-9-18(25(33)34)11-19(26)10-17)21(31(22)35)12-23(32)29-13-15-3-5-16(6-4-15)24(27)28/h3-11,14,35H,12-13,26H2,1-2H3,(H3,27,28)(H,29,32)(H,33,34). The maximum absolute atomic E-state index is 12.8. The Labute approximate surface area is 202 Å². The van der Waals surface area contributed by atoms with Gasteiger partial charge in [0.2, 0.25) is 5.91 Å². The molecule has 3 rings (SSSR count). The summed E-state index contributed by atoms with van der Waals surface area (Å²) >= 11 is 0. The van der Waals surface area contributed by atoms with Crippen molar-refractivity contribution >= 4 is 23.4 Å².